The number of hydrogen-bond acceptors (Lipinski definition) is 9. The Bertz CT molecular complexity index is 963. The Kier molecular flexibility index (Phi) is 16.7. The predicted molar refractivity (Wildman–Crippen MR) is 158 cm³/mol. The van der Waals surface area contributed by atoms with Crippen molar-refractivity contribution >= 4 is 35.5 Å². The zero-order valence-corrected chi connectivity index (χ0v) is 25.8. The highest BCUT2D eigenvalue weighted by Crippen LogP contribution is 2.20. The van der Waals surface area contributed by atoms with Gasteiger partial charge in [-0.2, -0.15) is 0 Å². The summed E-state index contributed by atoms with van der Waals surface area (Å²) in [5, 5.41) is 29.3. The third-order valence-corrected chi connectivity index (χ3v) is 7.54. The summed E-state index contributed by atoms with van der Waals surface area (Å²) >= 11 is 0. The van der Waals surface area contributed by atoms with Crippen LogP contribution in [0.3, 0.4) is 0 Å². The van der Waals surface area contributed by atoms with Gasteiger partial charge in [0.1, 0.15) is 24.2 Å². The Morgan fingerprint density at radius 3 is 2.12 bits per heavy atom. The molecule has 246 valence electrons. The fourth-order valence-corrected chi connectivity index (χ4v) is 4.72. The second-order valence-electron chi connectivity index (χ2n) is 11.5. The van der Waals surface area contributed by atoms with Crippen molar-refractivity contribution < 1.29 is 39.0 Å². The number of rotatable bonds is 19. The fourth-order valence-electron chi connectivity index (χ4n) is 4.72. The number of carbonyl (C=O) groups is 6. The summed E-state index contributed by atoms with van der Waals surface area (Å²) in [7, 11) is 0. The van der Waals surface area contributed by atoms with E-state index in [-0.39, 0.29) is 31.2 Å². The molecule has 6 atom stereocenters. The van der Waals surface area contributed by atoms with Crippen molar-refractivity contribution in [2.45, 2.75) is 103 Å². The first kappa shape index (κ1) is 37.7. The largest absolute Gasteiger partial charge is 0.480 e. The van der Waals surface area contributed by atoms with Crippen LogP contribution in [0.15, 0.2) is 0 Å². The average molecular weight is 614 g/mol. The summed E-state index contributed by atoms with van der Waals surface area (Å²) in [6.07, 6.45) is 3.03. The molecule has 1 rings (SSSR count). The van der Waals surface area contributed by atoms with Gasteiger partial charge in [-0.1, -0.05) is 34.1 Å². The van der Waals surface area contributed by atoms with Crippen LogP contribution in [0.4, 0.5) is 0 Å². The molecular formula is C28H51N7O8. The zero-order chi connectivity index (χ0) is 32.7. The van der Waals surface area contributed by atoms with Crippen LogP contribution in [0.2, 0.25) is 0 Å². The van der Waals surface area contributed by atoms with Gasteiger partial charge >= 0.3 is 5.97 Å². The summed E-state index contributed by atoms with van der Waals surface area (Å²) in [6, 6.07) is -5.35. The Morgan fingerprint density at radius 2 is 1.56 bits per heavy atom. The molecule has 43 heavy (non-hydrogen) atoms. The van der Waals surface area contributed by atoms with Crippen LogP contribution >= 0.6 is 0 Å². The van der Waals surface area contributed by atoms with Gasteiger partial charge in [0.2, 0.25) is 29.5 Å². The van der Waals surface area contributed by atoms with Gasteiger partial charge in [0.25, 0.3) is 0 Å². The average Bonchev–Trinajstić information content (AvgIpc) is 3.46. The number of hydrogen-bond donors (Lipinski definition) is 8. The van der Waals surface area contributed by atoms with E-state index >= 15 is 0 Å². The number of aliphatic hydroxyl groups excluding tert-OH is 1. The molecule has 0 aromatic carbocycles. The van der Waals surface area contributed by atoms with Crippen LogP contribution in [0.25, 0.3) is 0 Å². The van der Waals surface area contributed by atoms with Crippen molar-refractivity contribution in [3.8, 4) is 0 Å². The van der Waals surface area contributed by atoms with Gasteiger partial charge in [-0.05, 0) is 56.9 Å². The number of likely N-dealkylation sites (tertiary alicyclic amines) is 1. The molecule has 15 heteroatoms. The van der Waals surface area contributed by atoms with Crippen molar-refractivity contribution in [2.75, 3.05) is 26.2 Å². The number of nitrogens with two attached hydrogens (primary N) is 2. The van der Waals surface area contributed by atoms with E-state index < -0.39 is 78.9 Å². The Labute approximate surface area is 253 Å². The van der Waals surface area contributed by atoms with Crippen LogP contribution in [-0.2, 0) is 28.8 Å². The summed E-state index contributed by atoms with van der Waals surface area (Å²) < 4.78 is 0. The third-order valence-electron chi connectivity index (χ3n) is 7.54. The van der Waals surface area contributed by atoms with E-state index in [9.17, 15) is 39.0 Å². The molecule has 0 unspecified atom stereocenters. The lowest BCUT2D eigenvalue weighted by Gasteiger charge is -2.29. The molecule has 1 saturated heterocycles. The maximum Gasteiger partial charge on any atom is 0.326 e. The molecule has 1 heterocycles. The van der Waals surface area contributed by atoms with Crippen LogP contribution in [0.1, 0.15) is 72.6 Å². The lowest BCUT2D eigenvalue weighted by Crippen LogP contribution is -2.59. The Hall–Kier alpha value is -3.30. The summed E-state index contributed by atoms with van der Waals surface area (Å²) in [4.78, 5) is 77.2. The molecule has 1 fully saturated rings. The Balaban J connectivity index is 2.95. The van der Waals surface area contributed by atoms with Gasteiger partial charge in [-0.15, -0.1) is 0 Å². The summed E-state index contributed by atoms with van der Waals surface area (Å²) in [5.74, 6) is -4.56. The maximum absolute atomic E-state index is 13.4. The molecule has 0 aromatic rings. The van der Waals surface area contributed by atoms with E-state index in [2.05, 4.69) is 21.3 Å². The highest BCUT2D eigenvalue weighted by molar-refractivity contribution is 5.95. The zero-order valence-electron chi connectivity index (χ0n) is 25.8. The van der Waals surface area contributed by atoms with E-state index in [4.69, 9.17) is 11.5 Å². The minimum absolute atomic E-state index is 0.0653. The maximum atomic E-state index is 13.4. The molecule has 0 radical (unpaired) electrons. The van der Waals surface area contributed by atoms with Crippen molar-refractivity contribution in [1.82, 2.24) is 26.2 Å². The smallest absolute Gasteiger partial charge is 0.326 e. The van der Waals surface area contributed by atoms with E-state index in [0.717, 1.165) is 0 Å². The minimum atomic E-state index is -1.42. The first-order valence-corrected chi connectivity index (χ1v) is 15.0. The van der Waals surface area contributed by atoms with Crippen LogP contribution in [0.5, 0.6) is 0 Å². The summed E-state index contributed by atoms with van der Waals surface area (Å²) in [6.45, 7) is 6.73. The van der Waals surface area contributed by atoms with E-state index in [1.807, 2.05) is 20.8 Å². The van der Waals surface area contributed by atoms with Crippen molar-refractivity contribution in [2.24, 2.45) is 23.3 Å². The van der Waals surface area contributed by atoms with Crippen LogP contribution in [0, 0.1) is 11.8 Å². The Morgan fingerprint density at radius 1 is 0.930 bits per heavy atom. The molecule has 15 nitrogen and oxygen atoms in total. The molecule has 0 aliphatic carbocycles. The minimum Gasteiger partial charge on any atom is -0.480 e. The number of nitrogens with zero attached hydrogens (tertiary/aromatic N) is 1. The fraction of sp³-hybridized carbons (Fsp3) is 0.786. The number of unbranched alkanes of at least 4 members (excludes halogenated alkanes) is 1. The van der Waals surface area contributed by atoms with Gasteiger partial charge in [0.05, 0.1) is 19.2 Å². The van der Waals surface area contributed by atoms with Crippen molar-refractivity contribution in [3.05, 3.63) is 0 Å². The topological polar surface area (TPSA) is 246 Å². The SMILES string of the molecule is CC[C@H](C)[C@H](N)C(=O)NCC(=O)N[C@@H](CO)C(=O)N[C@@H](CC(C)C)C(=O)N[C@@H](CCCCN)C(=O)N1CCC[C@H]1C(=O)O. The van der Waals surface area contributed by atoms with E-state index in [1.54, 1.807) is 6.92 Å². The molecule has 0 saturated carbocycles. The quantitative estimate of drug-likeness (QED) is 0.0757. The summed E-state index contributed by atoms with van der Waals surface area (Å²) in [5.41, 5.74) is 11.4. The molecule has 1 aliphatic heterocycles. The second kappa shape index (κ2) is 19.1. The van der Waals surface area contributed by atoms with Gasteiger partial charge in [0, 0.05) is 6.54 Å². The number of nitrogens with one attached hydrogen (secondary N) is 4. The first-order chi connectivity index (χ1) is 20.3. The first-order valence-electron chi connectivity index (χ1n) is 15.0. The van der Waals surface area contributed by atoms with E-state index in [1.165, 1.54) is 4.90 Å². The highest BCUT2D eigenvalue weighted by atomic mass is 16.4. The van der Waals surface area contributed by atoms with Crippen LogP contribution in [-0.4, -0.2) is 107 Å². The molecule has 0 bridgehead atoms. The number of carboxylic acids is 1. The number of carboxylic acid groups (broad SMARTS) is 1. The third kappa shape index (κ3) is 12.5. The van der Waals surface area contributed by atoms with Gasteiger partial charge in [0.15, 0.2) is 0 Å². The number of amides is 5. The van der Waals surface area contributed by atoms with Gasteiger partial charge in [-0.3, -0.25) is 24.0 Å². The van der Waals surface area contributed by atoms with E-state index in [0.29, 0.717) is 38.6 Å². The standard InChI is InChI=1S/C28H51N7O8/c1-5-17(4)23(30)26(40)31-14-22(37)32-20(15-36)25(39)34-19(13-16(2)3)24(38)33-18(9-6-7-11-29)27(41)35-12-8-10-21(35)28(42)43/h16-21,23,36H,5-15,29-30H2,1-4H3,(H,31,40)(H,32,37)(H,33,38)(H,34,39)(H,42,43)/t17-,18-,19-,20-,21-,23-/m0/s1. The van der Waals surface area contributed by atoms with Gasteiger partial charge < -0.3 is 47.8 Å². The lowest BCUT2D eigenvalue weighted by atomic mass is 9.99. The lowest BCUT2D eigenvalue weighted by molar-refractivity contribution is -0.149. The highest BCUT2D eigenvalue weighted by Gasteiger charge is 2.38. The molecule has 0 spiro atoms. The molecular weight excluding hydrogens is 562 g/mol. The van der Waals surface area contributed by atoms with Gasteiger partial charge in [-0.25, -0.2) is 4.79 Å². The van der Waals surface area contributed by atoms with Crippen molar-refractivity contribution in [1.29, 1.82) is 0 Å². The second-order valence-corrected chi connectivity index (χ2v) is 11.5. The number of carbonyl (C=O) groups excluding carboxylic acids is 5. The molecule has 10 N–H and O–H groups in total. The monoisotopic (exact) mass is 613 g/mol. The number of aliphatic carboxylic acids is 1. The number of aliphatic hydroxyl groups is 1. The molecule has 5 amide bonds. The predicted octanol–water partition coefficient (Wildman–Crippen LogP) is -1.83. The van der Waals surface area contributed by atoms with Crippen LogP contribution < -0.4 is 32.7 Å². The normalized spacial score (nSPS) is 18.2. The molecule has 1 aliphatic rings. The molecule has 0 aromatic heterocycles. The van der Waals surface area contributed by atoms with Crippen molar-refractivity contribution in [3.63, 3.8) is 0 Å².